The van der Waals surface area contributed by atoms with E-state index in [2.05, 4.69) is 4.98 Å². The zero-order chi connectivity index (χ0) is 27.6. The summed E-state index contributed by atoms with van der Waals surface area (Å²) < 4.78 is 7.05. The summed E-state index contributed by atoms with van der Waals surface area (Å²) in [5.74, 6) is 0. The number of halogens is 1. The molecular weight excluding hydrogens is 512 g/mol. The Hall–Kier alpha value is -4.23. The van der Waals surface area contributed by atoms with E-state index in [9.17, 15) is 9.59 Å². The summed E-state index contributed by atoms with van der Waals surface area (Å²) in [6.07, 6.45) is 7.01. The number of carbonyl (C=O) groups excluding carboxylic acids is 1. The molecule has 0 unspecified atom stereocenters. The molecule has 7 nitrogen and oxygen atoms in total. The van der Waals surface area contributed by atoms with E-state index in [4.69, 9.17) is 21.7 Å². The fourth-order valence-electron chi connectivity index (χ4n) is 4.54. The first-order chi connectivity index (χ1) is 19.0. The maximum atomic E-state index is 13.5. The van der Waals surface area contributed by atoms with Gasteiger partial charge >= 0.3 is 6.09 Å². The summed E-state index contributed by atoms with van der Waals surface area (Å²) in [7, 11) is 0. The van der Waals surface area contributed by atoms with Crippen molar-refractivity contribution in [3.8, 4) is 0 Å². The van der Waals surface area contributed by atoms with Gasteiger partial charge in [-0.05, 0) is 47.9 Å². The summed E-state index contributed by atoms with van der Waals surface area (Å²) in [5, 5.41) is 10.2. The van der Waals surface area contributed by atoms with Gasteiger partial charge in [-0.1, -0.05) is 78.4 Å². The van der Waals surface area contributed by atoms with Gasteiger partial charge < -0.3 is 15.0 Å². The Morgan fingerprint density at radius 3 is 2.56 bits per heavy atom. The van der Waals surface area contributed by atoms with E-state index in [1.54, 1.807) is 27.9 Å². The fraction of sp³-hybridized carbons (Fsp3) is 0.226. The molecule has 1 heterocycles. The average molecular weight is 543 g/mol. The lowest BCUT2D eigenvalue weighted by atomic mass is 9.96. The van der Waals surface area contributed by atoms with Crippen LogP contribution in [0.1, 0.15) is 24.5 Å². The van der Waals surface area contributed by atoms with Gasteiger partial charge in [-0.25, -0.2) is 9.78 Å². The zero-order valence-corrected chi connectivity index (χ0v) is 22.6. The van der Waals surface area contributed by atoms with Crippen LogP contribution in [0.3, 0.4) is 0 Å². The molecule has 0 bridgehead atoms. The third-order valence-electron chi connectivity index (χ3n) is 6.55. The van der Waals surface area contributed by atoms with Gasteiger partial charge in [0.1, 0.15) is 6.61 Å². The molecule has 0 aliphatic carbocycles. The Morgan fingerprint density at radius 1 is 1.10 bits per heavy atom. The molecule has 0 saturated carbocycles. The molecular formula is C31H31ClN4O3. The SMILES string of the molecule is CCN(CCCn1cnc2c(cc(C/C(C=N)=C/C=C/Cl)c3ccccc32)c1=O)C(=O)OCc1ccccc1. The first-order valence-corrected chi connectivity index (χ1v) is 13.3. The Bertz CT molecular complexity index is 1580. The molecule has 39 heavy (non-hydrogen) atoms. The van der Waals surface area contributed by atoms with Crippen LogP contribution in [0.5, 0.6) is 0 Å². The number of nitrogens with zero attached hydrogens (tertiary/aromatic N) is 3. The molecule has 0 aliphatic heterocycles. The van der Waals surface area contributed by atoms with Crippen molar-refractivity contribution in [3.05, 3.63) is 112 Å². The van der Waals surface area contributed by atoms with Crippen LogP contribution in [-0.4, -0.2) is 39.8 Å². The Morgan fingerprint density at radius 2 is 1.85 bits per heavy atom. The van der Waals surface area contributed by atoms with E-state index < -0.39 is 0 Å². The molecule has 4 aromatic rings. The van der Waals surface area contributed by atoms with Crippen molar-refractivity contribution >= 4 is 45.6 Å². The summed E-state index contributed by atoms with van der Waals surface area (Å²) in [6, 6.07) is 19.3. The van der Waals surface area contributed by atoms with E-state index in [1.165, 1.54) is 11.7 Å². The van der Waals surface area contributed by atoms with Gasteiger partial charge in [0.15, 0.2) is 0 Å². The highest BCUT2D eigenvalue weighted by atomic mass is 35.5. The summed E-state index contributed by atoms with van der Waals surface area (Å²) in [5.41, 5.74) is 4.54. The van der Waals surface area contributed by atoms with Crippen LogP contribution >= 0.6 is 11.6 Å². The number of aryl methyl sites for hydroxylation is 1. The number of fused-ring (bicyclic) bond motifs is 3. The highest BCUT2D eigenvalue weighted by Crippen LogP contribution is 2.27. The average Bonchev–Trinajstić information content (AvgIpc) is 2.98. The van der Waals surface area contributed by atoms with Crippen molar-refractivity contribution in [1.82, 2.24) is 14.5 Å². The van der Waals surface area contributed by atoms with Crippen LogP contribution in [-0.2, 0) is 24.3 Å². The zero-order valence-electron chi connectivity index (χ0n) is 21.8. The Balaban J connectivity index is 1.53. The van der Waals surface area contributed by atoms with Gasteiger partial charge in [-0.2, -0.15) is 0 Å². The van der Waals surface area contributed by atoms with Crippen LogP contribution in [0.15, 0.2) is 95.0 Å². The molecule has 0 aliphatic rings. The Labute approximate surface area is 232 Å². The third kappa shape index (κ3) is 6.81. The van der Waals surface area contributed by atoms with Crippen molar-refractivity contribution in [3.63, 3.8) is 0 Å². The number of hydrogen-bond donors (Lipinski definition) is 1. The number of carbonyl (C=O) groups is 1. The molecule has 1 amide bonds. The fourth-order valence-corrected chi connectivity index (χ4v) is 4.61. The summed E-state index contributed by atoms with van der Waals surface area (Å²) >= 11 is 5.66. The van der Waals surface area contributed by atoms with Crippen LogP contribution in [0, 0.1) is 5.41 Å². The molecule has 1 aromatic heterocycles. The minimum Gasteiger partial charge on any atom is -0.445 e. The van der Waals surface area contributed by atoms with E-state index >= 15 is 0 Å². The van der Waals surface area contributed by atoms with Crippen molar-refractivity contribution in [1.29, 1.82) is 5.41 Å². The van der Waals surface area contributed by atoms with Crippen molar-refractivity contribution < 1.29 is 9.53 Å². The van der Waals surface area contributed by atoms with Gasteiger partial charge in [0, 0.05) is 36.8 Å². The molecule has 0 spiro atoms. The number of nitrogens with one attached hydrogen (secondary N) is 1. The minimum atomic E-state index is -0.375. The second-order valence-electron chi connectivity index (χ2n) is 9.08. The summed E-state index contributed by atoms with van der Waals surface area (Å²) in [4.78, 5) is 32.4. The van der Waals surface area contributed by atoms with Crippen LogP contribution in [0.4, 0.5) is 4.79 Å². The molecule has 3 aromatic carbocycles. The van der Waals surface area contributed by atoms with E-state index in [-0.39, 0.29) is 18.3 Å². The van der Waals surface area contributed by atoms with Gasteiger partial charge in [0.2, 0.25) is 0 Å². The number of aromatic nitrogens is 2. The predicted molar refractivity (Wildman–Crippen MR) is 158 cm³/mol. The van der Waals surface area contributed by atoms with Crippen molar-refractivity contribution in [2.75, 3.05) is 13.1 Å². The lowest BCUT2D eigenvalue weighted by Gasteiger charge is -2.20. The number of rotatable bonds is 11. The normalized spacial score (nSPS) is 11.8. The standard InChI is InChI=1S/C31H31ClN4O3/c1-2-35(31(38)39-21-23-10-4-3-5-11-23)16-9-17-36-22-34-29-27-14-7-6-13-26(27)25(19-28(29)30(36)37)18-24(20-33)12-8-15-32/h3-8,10-15,19-20,22,33H,2,9,16-18,21H2,1H3/b15-8+,24-12-,33-20?. The lowest BCUT2D eigenvalue weighted by molar-refractivity contribution is 0.0971. The topological polar surface area (TPSA) is 88.3 Å². The molecule has 0 radical (unpaired) electrons. The number of ether oxygens (including phenoxy) is 1. The van der Waals surface area contributed by atoms with Crippen LogP contribution in [0.25, 0.3) is 21.7 Å². The third-order valence-corrected chi connectivity index (χ3v) is 6.70. The molecule has 200 valence electrons. The molecule has 8 heteroatoms. The van der Waals surface area contributed by atoms with Crippen LogP contribution in [0.2, 0.25) is 0 Å². The quantitative estimate of drug-likeness (QED) is 0.134. The number of amides is 1. The lowest BCUT2D eigenvalue weighted by Crippen LogP contribution is -2.33. The second-order valence-corrected chi connectivity index (χ2v) is 9.33. The van der Waals surface area contributed by atoms with Gasteiger partial charge in [0.05, 0.1) is 17.2 Å². The van der Waals surface area contributed by atoms with Gasteiger partial charge in [-0.15, -0.1) is 0 Å². The second kappa shape index (κ2) is 13.5. The van der Waals surface area contributed by atoms with E-state index in [0.29, 0.717) is 43.4 Å². The highest BCUT2D eigenvalue weighted by Gasteiger charge is 2.15. The predicted octanol–water partition coefficient (Wildman–Crippen LogP) is 6.47. The van der Waals surface area contributed by atoms with Crippen molar-refractivity contribution in [2.45, 2.75) is 32.9 Å². The molecule has 0 atom stereocenters. The van der Waals surface area contributed by atoms with Crippen molar-refractivity contribution in [2.24, 2.45) is 0 Å². The molecule has 1 N–H and O–H groups in total. The number of hydrogen-bond acceptors (Lipinski definition) is 5. The Kier molecular flexibility index (Phi) is 9.64. The monoisotopic (exact) mass is 542 g/mol. The molecule has 4 rings (SSSR count). The van der Waals surface area contributed by atoms with Gasteiger partial charge in [-0.3, -0.25) is 9.36 Å². The summed E-state index contributed by atoms with van der Waals surface area (Å²) in [6.45, 7) is 3.50. The molecule has 0 fully saturated rings. The minimum absolute atomic E-state index is 0.136. The maximum Gasteiger partial charge on any atom is 0.410 e. The van der Waals surface area contributed by atoms with E-state index in [0.717, 1.165) is 27.5 Å². The maximum absolute atomic E-state index is 13.5. The van der Waals surface area contributed by atoms with Crippen LogP contribution < -0.4 is 5.56 Å². The number of allylic oxidation sites excluding steroid dienone is 3. The van der Waals surface area contributed by atoms with E-state index in [1.807, 2.05) is 67.6 Å². The largest absolute Gasteiger partial charge is 0.445 e. The highest BCUT2D eigenvalue weighted by molar-refractivity contribution is 6.25. The van der Waals surface area contributed by atoms with Gasteiger partial charge in [0.25, 0.3) is 5.56 Å². The first-order valence-electron chi connectivity index (χ1n) is 12.9. The first kappa shape index (κ1) is 27.8. The molecule has 0 saturated heterocycles. The smallest absolute Gasteiger partial charge is 0.410 e. The number of benzene rings is 3.